The Morgan fingerprint density at radius 1 is 1.12 bits per heavy atom. The van der Waals surface area contributed by atoms with E-state index in [0.717, 1.165) is 22.0 Å². The third-order valence-electron chi connectivity index (χ3n) is 3.70. The quantitative estimate of drug-likeness (QED) is 0.709. The second-order valence-corrected chi connectivity index (χ2v) is 7.27. The van der Waals surface area contributed by atoms with E-state index in [9.17, 15) is 4.79 Å². The van der Waals surface area contributed by atoms with E-state index in [1.807, 2.05) is 66.9 Å². The van der Waals surface area contributed by atoms with Gasteiger partial charge in [-0.25, -0.2) is 4.98 Å². The summed E-state index contributed by atoms with van der Waals surface area (Å²) in [7, 11) is 0. The lowest BCUT2D eigenvalue weighted by molar-refractivity contribution is -0.128. The summed E-state index contributed by atoms with van der Waals surface area (Å²) in [5, 5.41) is 5.96. The number of para-hydroxylation sites is 1. The minimum atomic E-state index is -0.991. The van der Waals surface area contributed by atoms with E-state index in [1.165, 1.54) is 0 Å². The molecule has 0 unspecified atom stereocenters. The predicted molar refractivity (Wildman–Crippen MR) is 102 cm³/mol. The van der Waals surface area contributed by atoms with Crippen LogP contribution in [0.3, 0.4) is 0 Å². The van der Waals surface area contributed by atoms with Crippen LogP contribution in [0.2, 0.25) is 0 Å². The van der Waals surface area contributed by atoms with Gasteiger partial charge in [0, 0.05) is 16.6 Å². The van der Waals surface area contributed by atoms with E-state index < -0.39 is 5.60 Å². The first-order valence-corrected chi connectivity index (χ1v) is 8.90. The van der Waals surface area contributed by atoms with Crippen molar-refractivity contribution in [3.8, 4) is 17.0 Å². The van der Waals surface area contributed by atoms with Crippen LogP contribution in [0.1, 0.15) is 18.9 Å². The normalized spacial score (nSPS) is 11.2. The smallest absolute Gasteiger partial charge is 0.267 e. The molecule has 1 amide bonds. The van der Waals surface area contributed by atoms with Crippen LogP contribution in [0, 0.1) is 6.92 Å². The van der Waals surface area contributed by atoms with Crippen molar-refractivity contribution >= 4 is 22.9 Å². The number of benzene rings is 2. The van der Waals surface area contributed by atoms with Crippen molar-refractivity contribution in [2.75, 3.05) is 5.32 Å². The van der Waals surface area contributed by atoms with E-state index in [0.29, 0.717) is 5.75 Å². The van der Waals surface area contributed by atoms with Crippen LogP contribution in [0.25, 0.3) is 11.3 Å². The standard InChI is InChI=1S/C20H20N2O2S/c1-14-21-18(13-25-14)15-8-7-9-16(12-15)22-19(23)20(2,3)24-17-10-5-4-6-11-17/h4-13H,1-3H3,(H,22,23). The second-order valence-electron chi connectivity index (χ2n) is 6.21. The molecule has 128 valence electrons. The molecular weight excluding hydrogens is 332 g/mol. The highest BCUT2D eigenvalue weighted by atomic mass is 32.1. The number of aryl methyl sites for hydroxylation is 1. The minimum absolute atomic E-state index is 0.206. The highest BCUT2D eigenvalue weighted by molar-refractivity contribution is 7.09. The Balaban J connectivity index is 1.74. The molecule has 0 atom stereocenters. The largest absolute Gasteiger partial charge is 0.478 e. The summed E-state index contributed by atoms with van der Waals surface area (Å²) in [5.41, 5.74) is 1.62. The second kappa shape index (κ2) is 7.07. The van der Waals surface area contributed by atoms with Gasteiger partial charge in [0.25, 0.3) is 5.91 Å². The molecule has 3 rings (SSSR count). The van der Waals surface area contributed by atoms with E-state index in [4.69, 9.17) is 4.74 Å². The zero-order valence-corrected chi connectivity index (χ0v) is 15.3. The van der Waals surface area contributed by atoms with Gasteiger partial charge >= 0.3 is 0 Å². The van der Waals surface area contributed by atoms with E-state index in [-0.39, 0.29) is 5.91 Å². The van der Waals surface area contributed by atoms with Crippen molar-refractivity contribution in [2.45, 2.75) is 26.4 Å². The lowest BCUT2D eigenvalue weighted by Crippen LogP contribution is -2.42. The van der Waals surface area contributed by atoms with Crippen molar-refractivity contribution in [1.82, 2.24) is 4.98 Å². The average Bonchev–Trinajstić information content (AvgIpc) is 3.02. The molecule has 0 bridgehead atoms. The van der Waals surface area contributed by atoms with Crippen molar-refractivity contribution in [1.29, 1.82) is 0 Å². The molecule has 25 heavy (non-hydrogen) atoms. The summed E-state index contributed by atoms with van der Waals surface area (Å²) in [6, 6.07) is 17.0. The number of anilines is 1. The third kappa shape index (κ3) is 4.25. The number of carbonyl (C=O) groups is 1. The molecule has 0 saturated heterocycles. The monoisotopic (exact) mass is 352 g/mol. The molecule has 0 aliphatic rings. The number of aromatic nitrogens is 1. The lowest BCUT2D eigenvalue weighted by atomic mass is 10.1. The molecule has 4 nitrogen and oxygen atoms in total. The van der Waals surface area contributed by atoms with Crippen LogP contribution in [0.15, 0.2) is 60.0 Å². The van der Waals surface area contributed by atoms with Gasteiger partial charge < -0.3 is 10.1 Å². The topological polar surface area (TPSA) is 51.2 Å². The molecule has 0 radical (unpaired) electrons. The summed E-state index contributed by atoms with van der Waals surface area (Å²) in [6.45, 7) is 5.48. The maximum Gasteiger partial charge on any atom is 0.267 e. The third-order valence-corrected chi connectivity index (χ3v) is 4.47. The molecule has 1 aromatic heterocycles. The molecule has 1 N–H and O–H groups in total. The molecule has 1 heterocycles. The summed E-state index contributed by atoms with van der Waals surface area (Å²) < 4.78 is 5.83. The Bertz CT molecular complexity index is 872. The van der Waals surface area contributed by atoms with Gasteiger partial charge in [0.05, 0.1) is 10.7 Å². The van der Waals surface area contributed by atoms with Crippen LogP contribution >= 0.6 is 11.3 Å². The summed E-state index contributed by atoms with van der Waals surface area (Å²) >= 11 is 1.61. The molecule has 0 aliphatic carbocycles. The Kier molecular flexibility index (Phi) is 4.86. The molecule has 0 aliphatic heterocycles. The zero-order valence-electron chi connectivity index (χ0n) is 14.4. The molecule has 0 saturated carbocycles. The Morgan fingerprint density at radius 2 is 1.88 bits per heavy atom. The first-order chi connectivity index (χ1) is 11.9. The van der Waals surface area contributed by atoms with Crippen molar-refractivity contribution < 1.29 is 9.53 Å². The SMILES string of the molecule is Cc1nc(-c2cccc(NC(=O)C(C)(C)Oc3ccccc3)c2)cs1. The highest BCUT2D eigenvalue weighted by Gasteiger charge is 2.30. The maximum absolute atomic E-state index is 12.6. The van der Waals surface area contributed by atoms with Crippen LogP contribution in [-0.2, 0) is 4.79 Å². The van der Waals surface area contributed by atoms with Crippen LogP contribution in [0.4, 0.5) is 5.69 Å². The first kappa shape index (κ1) is 17.2. The first-order valence-electron chi connectivity index (χ1n) is 8.02. The average molecular weight is 352 g/mol. The zero-order chi connectivity index (χ0) is 17.9. The number of hydrogen-bond acceptors (Lipinski definition) is 4. The van der Waals surface area contributed by atoms with E-state index in [2.05, 4.69) is 10.3 Å². The van der Waals surface area contributed by atoms with Gasteiger partial charge in [-0.15, -0.1) is 11.3 Å². The Morgan fingerprint density at radius 3 is 2.56 bits per heavy atom. The fourth-order valence-electron chi connectivity index (χ4n) is 2.36. The summed E-state index contributed by atoms with van der Waals surface area (Å²) in [4.78, 5) is 17.1. The molecule has 3 aromatic rings. The van der Waals surface area contributed by atoms with Crippen molar-refractivity contribution in [2.24, 2.45) is 0 Å². The number of nitrogens with zero attached hydrogens (tertiary/aromatic N) is 1. The molecule has 5 heteroatoms. The van der Waals surface area contributed by atoms with Gasteiger partial charge in [-0.1, -0.05) is 30.3 Å². The van der Waals surface area contributed by atoms with Crippen molar-refractivity contribution in [3.63, 3.8) is 0 Å². The van der Waals surface area contributed by atoms with Gasteiger partial charge in [0.15, 0.2) is 5.60 Å². The molecule has 0 spiro atoms. The van der Waals surface area contributed by atoms with Gasteiger partial charge in [-0.2, -0.15) is 0 Å². The van der Waals surface area contributed by atoms with Gasteiger partial charge in [-0.3, -0.25) is 4.79 Å². The minimum Gasteiger partial charge on any atom is -0.478 e. The summed E-state index contributed by atoms with van der Waals surface area (Å²) in [5.74, 6) is 0.456. The molecular formula is C20H20N2O2S. The van der Waals surface area contributed by atoms with Gasteiger partial charge in [0.2, 0.25) is 0 Å². The predicted octanol–water partition coefficient (Wildman–Crippen LogP) is 4.91. The van der Waals surface area contributed by atoms with Crippen LogP contribution < -0.4 is 10.1 Å². The number of nitrogens with one attached hydrogen (secondary N) is 1. The number of hydrogen-bond donors (Lipinski definition) is 1. The fourth-order valence-corrected chi connectivity index (χ4v) is 2.99. The molecule has 2 aromatic carbocycles. The van der Waals surface area contributed by atoms with Gasteiger partial charge in [0.1, 0.15) is 5.75 Å². The van der Waals surface area contributed by atoms with Crippen molar-refractivity contribution in [3.05, 3.63) is 65.0 Å². The van der Waals surface area contributed by atoms with E-state index in [1.54, 1.807) is 25.2 Å². The number of carbonyl (C=O) groups excluding carboxylic acids is 1. The number of rotatable bonds is 5. The van der Waals surface area contributed by atoms with Gasteiger partial charge in [-0.05, 0) is 45.0 Å². The number of amides is 1. The Hall–Kier alpha value is -2.66. The maximum atomic E-state index is 12.6. The lowest BCUT2D eigenvalue weighted by Gasteiger charge is -2.25. The Labute approximate surface area is 151 Å². The van der Waals surface area contributed by atoms with Crippen LogP contribution in [-0.4, -0.2) is 16.5 Å². The molecule has 0 fully saturated rings. The van der Waals surface area contributed by atoms with E-state index >= 15 is 0 Å². The van der Waals surface area contributed by atoms with Crippen LogP contribution in [0.5, 0.6) is 5.75 Å². The number of thiazole rings is 1. The highest BCUT2D eigenvalue weighted by Crippen LogP contribution is 2.25. The summed E-state index contributed by atoms with van der Waals surface area (Å²) in [6.07, 6.45) is 0. The fraction of sp³-hybridized carbons (Fsp3) is 0.200. The number of ether oxygens (including phenoxy) is 1.